The van der Waals surface area contributed by atoms with Crippen LogP contribution in [0.15, 0.2) is 58.3 Å². The van der Waals surface area contributed by atoms with E-state index in [1.54, 1.807) is 24.3 Å². The molecular formula is C16H19NaO7S2. The van der Waals surface area contributed by atoms with Crippen molar-refractivity contribution in [2.24, 2.45) is 0 Å². The second kappa shape index (κ2) is 10.5. The van der Waals surface area contributed by atoms with Crippen molar-refractivity contribution in [1.29, 1.82) is 0 Å². The van der Waals surface area contributed by atoms with Gasteiger partial charge in [-0.15, -0.1) is 0 Å². The summed E-state index contributed by atoms with van der Waals surface area (Å²) < 4.78 is 57.4. The van der Waals surface area contributed by atoms with Gasteiger partial charge in [0.15, 0.2) is 0 Å². The average molecular weight is 410 g/mol. The molecule has 0 heterocycles. The van der Waals surface area contributed by atoms with Gasteiger partial charge in [0, 0.05) is 0 Å². The predicted molar refractivity (Wildman–Crippen MR) is 90.6 cm³/mol. The van der Waals surface area contributed by atoms with Crippen LogP contribution in [0.25, 0.3) is 0 Å². The zero-order valence-corrected chi connectivity index (χ0v) is 18.4. The molecule has 0 unspecified atom stereocenters. The third kappa shape index (κ3) is 7.09. The third-order valence-corrected chi connectivity index (χ3v) is 5.83. The van der Waals surface area contributed by atoms with Crippen molar-refractivity contribution < 1.29 is 60.2 Å². The van der Waals surface area contributed by atoms with Gasteiger partial charge in [-0.2, -0.15) is 16.8 Å². The van der Waals surface area contributed by atoms with Gasteiger partial charge in [-0.3, -0.25) is 8.37 Å². The molecule has 0 atom stereocenters. The van der Waals surface area contributed by atoms with Gasteiger partial charge in [-0.05, 0) is 38.1 Å². The third-order valence-electron chi connectivity index (χ3n) is 3.18. The molecule has 138 valence electrons. The largest absolute Gasteiger partial charge is 1.00 e. The fourth-order valence-electron chi connectivity index (χ4n) is 1.83. The van der Waals surface area contributed by atoms with Crippen LogP contribution in [0.4, 0.5) is 0 Å². The van der Waals surface area contributed by atoms with Gasteiger partial charge >= 0.3 is 29.6 Å². The summed E-state index contributed by atoms with van der Waals surface area (Å²) in [6.45, 7) is 2.87. The van der Waals surface area contributed by atoms with Crippen LogP contribution in [-0.4, -0.2) is 35.5 Å². The fourth-order valence-corrected chi connectivity index (χ4v) is 3.62. The van der Waals surface area contributed by atoms with Crippen LogP contribution in [0, 0.1) is 13.8 Å². The average Bonchev–Trinajstić information content (AvgIpc) is 2.52. The first-order valence-electron chi connectivity index (χ1n) is 7.13. The maximum atomic E-state index is 11.9. The molecule has 0 aliphatic heterocycles. The molecule has 0 amide bonds. The molecular weight excluding hydrogens is 391 g/mol. The molecule has 10 heteroatoms. The summed E-state index contributed by atoms with van der Waals surface area (Å²) in [6.07, 6.45) is 0. The van der Waals surface area contributed by atoms with E-state index in [0.29, 0.717) is 0 Å². The van der Waals surface area contributed by atoms with E-state index < -0.39 is 33.5 Å². The van der Waals surface area contributed by atoms with Crippen LogP contribution in [0.1, 0.15) is 11.1 Å². The van der Waals surface area contributed by atoms with E-state index in [1.165, 1.54) is 24.3 Å². The minimum absolute atomic E-state index is 0. The van der Waals surface area contributed by atoms with Gasteiger partial charge in [0.2, 0.25) is 0 Å². The van der Waals surface area contributed by atoms with Gasteiger partial charge in [0.1, 0.15) is 0 Å². The maximum absolute atomic E-state index is 11.9. The predicted octanol–water partition coefficient (Wildman–Crippen LogP) is -0.759. The second-order valence-corrected chi connectivity index (χ2v) is 8.41. The summed E-state index contributed by atoms with van der Waals surface area (Å²) >= 11 is 0. The maximum Gasteiger partial charge on any atom is 1.00 e. The number of hydrogen-bond acceptors (Lipinski definition) is 7. The smallest absolute Gasteiger partial charge is 0.870 e. The molecule has 0 spiro atoms. The minimum atomic E-state index is -3.94. The Hall–Kier alpha value is -0.780. The molecule has 0 aromatic heterocycles. The van der Waals surface area contributed by atoms with Crippen molar-refractivity contribution in [1.82, 2.24) is 0 Å². The quantitative estimate of drug-likeness (QED) is 0.335. The van der Waals surface area contributed by atoms with Gasteiger partial charge in [-0.25, -0.2) is 0 Å². The molecule has 2 aromatic rings. The summed E-state index contributed by atoms with van der Waals surface area (Å²) in [5.74, 6) is 0. The van der Waals surface area contributed by atoms with Crippen LogP contribution < -0.4 is 29.6 Å². The van der Waals surface area contributed by atoms with E-state index in [2.05, 4.69) is 0 Å². The van der Waals surface area contributed by atoms with Crippen molar-refractivity contribution in [3.05, 3.63) is 59.7 Å². The van der Waals surface area contributed by atoms with Crippen LogP contribution in [0.2, 0.25) is 0 Å². The van der Waals surface area contributed by atoms with Gasteiger partial charge < -0.3 is 5.48 Å². The van der Waals surface area contributed by atoms with E-state index in [-0.39, 0.29) is 44.8 Å². The zero-order chi connectivity index (χ0) is 17.8. The Balaban J connectivity index is 0.00000312. The van der Waals surface area contributed by atoms with Crippen molar-refractivity contribution in [2.75, 3.05) is 13.2 Å². The molecule has 7 nitrogen and oxygen atoms in total. The first kappa shape index (κ1) is 25.2. The van der Waals surface area contributed by atoms with Crippen LogP contribution >= 0.6 is 0 Å². The summed E-state index contributed by atoms with van der Waals surface area (Å²) in [5, 5.41) is 0. The molecule has 0 aliphatic rings. The molecule has 2 rings (SSSR count). The molecule has 0 saturated heterocycles. The fraction of sp³-hybridized carbons (Fsp3) is 0.250. The van der Waals surface area contributed by atoms with Gasteiger partial charge in [0.25, 0.3) is 20.2 Å². The molecule has 0 radical (unpaired) electrons. The summed E-state index contributed by atoms with van der Waals surface area (Å²) in [7, 11) is -7.88. The molecule has 2 aromatic carbocycles. The second-order valence-electron chi connectivity index (χ2n) is 5.18. The van der Waals surface area contributed by atoms with Crippen LogP contribution in [0.3, 0.4) is 0 Å². The number of aryl methyl sites for hydroxylation is 2. The van der Waals surface area contributed by atoms with E-state index in [9.17, 15) is 16.8 Å². The summed E-state index contributed by atoms with van der Waals surface area (Å²) in [6, 6.07) is 12.3. The molecule has 26 heavy (non-hydrogen) atoms. The van der Waals surface area contributed by atoms with Crippen molar-refractivity contribution in [2.45, 2.75) is 23.6 Å². The number of benzene rings is 2. The summed E-state index contributed by atoms with van der Waals surface area (Å²) in [4.78, 5) is 0.0176. The van der Waals surface area contributed by atoms with Gasteiger partial charge in [0.05, 0.1) is 23.0 Å². The van der Waals surface area contributed by atoms with E-state index in [0.717, 1.165) is 11.1 Å². The van der Waals surface area contributed by atoms with E-state index in [4.69, 9.17) is 8.37 Å². The molecule has 0 fully saturated rings. The van der Waals surface area contributed by atoms with Crippen LogP contribution in [0.5, 0.6) is 0 Å². The van der Waals surface area contributed by atoms with Crippen molar-refractivity contribution >= 4 is 20.2 Å². The first-order chi connectivity index (χ1) is 11.2. The van der Waals surface area contributed by atoms with Crippen LogP contribution in [-0.2, 0) is 28.6 Å². The topological polar surface area (TPSA) is 117 Å². The van der Waals surface area contributed by atoms with E-state index >= 15 is 0 Å². The Labute approximate surface area is 176 Å². The molecule has 0 saturated carbocycles. The van der Waals surface area contributed by atoms with Crippen molar-refractivity contribution in [3.63, 3.8) is 0 Å². The SMILES string of the molecule is Cc1ccc(S(=O)(=O)OCCOS(=O)(=O)c2ccc(C)cc2)cc1.[Na+].[OH-]. The first-order valence-corrected chi connectivity index (χ1v) is 9.94. The Kier molecular flexibility index (Phi) is 10.2. The molecule has 0 bridgehead atoms. The Bertz CT molecular complexity index is 813. The van der Waals surface area contributed by atoms with E-state index in [1.807, 2.05) is 13.8 Å². The summed E-state index contributed by atoms with van der Waals surface area (Å²) in [5.41, 5.74) is 1.84. The Morgan fingerprint density at radius 3 is 1.19 bits per heavy atom. The Morgan fingerprint density at radius 1 is 0.654 bits per heavy atom. The monoisotopic (exact) mass is 410 g/mol. The molecule has 1 N–H and O–H groups in total. The van der Waals surface area contributed by atoms with Crippen molar-refractivity contribution in [3.8, 4) is 0 Å². The minimum Gasteiger partial charge on any atom is -0.870 e. The standard InChI is InChI=1S/C16H18O6S2.Na.H2O/c1-13-3-7-15(8-4-13)23(17,18)21-11-12-22-24(19,20)16-9-5-14(2)6-10-16;;/h3-10H,11-12H2,1-2H3;;1H2/q;+1;/p-1. The number of hydrogen-bond donors (Lipinski definition) is 0. The zero-order valence-electron chi connectivity index (χ0n) is 14.7. The van der Waals surface area contributed by atoms with Gasteiger partial charge in [-0.1, -0.05) is 35.4 Å². The molecule has 0 aliphatic carbocycles. The number of rotatable bonds is 7. The Morgan fingerprint density at radius 2 is 0.923 bits per heavy atom. The normalized spacial score (nSPS) is 11.3.